The number of methoxy groups -OCH3 is 1. The number of amides is 2. The largest absolute Gasteiger partial charge is 0.479 e. The first kappa shape index (κ1) is 15.7. The van der Waals surface area contributed by atoms with E-state index in [-0.39, 0.29) is 18.7 Å². The van der Waals surface area contributed by atoms with Crippen LogP contribution in [0.5, 0.6) is 0 Å². The average molecular weight is 274 g/mol. The summed E-state index contributed by atoms with van der Waals surface area (Å²) in [7, 11) is 1.30. The number of nitrogens with zero attached hydrogens (tertiary/aromatic N) is 1. The van der Waals surface area contributed by atoms with Gasteiger partial charge < -0.3 is 24.8 Å². The molecule has 0 aliphatic carbocycles. The first-order valence-corrected chi connectivity index (χ1v) is 6.48. The molecule has 2 amide bonds. The Labute approximate surface area is 112 Å². The van der Waals surface area contributed by atoms with Gasteiger partial charge in [-0.15, -0.1) is 0 Å². The molecule has 2 unspecified atom stereocenters. The third-order valence-electron chi connectivity index (χ3n) is 3.12. The van der Waals surface area contributed by atoms with Gasteiger partial charge in [-0.1, -0.05) is 0 Å². The zero-order valence-electron chi connectivity index (χ0n) is 11.4. The van der Waals surface area contributed by atoms with E-state index in [1.165, 1.54) is 7.11 Å². The van der Waals surface area contributed by atoms with E-state index in [2.05, 4.69) is 5.32 Å². The molecule has 0 radical (unpaired) electrons. The Morgan fingerprint density at radius 1 is 1.58 bits per heavy atom. The Bertz CT molecular complexity index is 304. The third kappa shape index (κ3) is 5.04. The zero-order chi connectivity index (χ0) is 14.3. The molecule has 2 N–H and O–H groups in total. The molecular formula is C12H22N2O5. The van der Waals surface area contributed by atoms with E-state index in [0.29, 0.717) is 13.1 Å². The molecule has 0 aromatic rings. The fourth-order valence-corrected chi connectivity index (χ4v) is 1.95. The summed E-state index contributed by atoms with van der Waals surface area (Å²) in [4.78, 5) is 24.3. The second-order valence-corrected chi connectivity index (χ2v) is 4.42. The molecular weight excluding hydrogens is 252 g/mol. The Hall–Kier alpha value is -1.34. The molecule has 110 valence electrons. The standard InChI is InChI=1S/C12H22N2O5/c1-3-14(8-9-5-4-6-19-9)12(17)13-7-10(18-2)11(15)16/h9-10H,3-8H2,1-2H3,(H,13,17)(H,15,16). The van der Waals surface area contributed by atoms with Gasteiger partial charge in [0.15, 0.2) is 6.10 Å². The number of carboxylic acid groups (broad SMARTS) is 1. The fourth-order valence-electron chi connectivity index (χ4n) is 1.95. The van der Waals surface area contributed by atoms with Gasteiger partial charge in [0.1, 0.15) is 0 Å². The maximum absolute atomic E-state index is 11.9. The number of rotatable bonds is 7. The molecule has 2 atom stereocenters. The normalized spacial score (nSPS) is 20.0. The fraction of sp³-hybridized carbons (Fsp3) is 0.833. The summed E-state index contributed by atoms with van der Waals surface area (Å²) < 4.78 is 10.2. The van der Waals surface area contributed by atoms with Crippen LogP contribution < -0.4 is 5.32 Å². The van der Waals surface area contributed by atoms with Crippen molar-refractivity contribution >= 4 is 12.0 Å². The molecule has 1 aliphatic heterocycles. The number of carbonyl (C=O) groups excluding carboxylic acids is 1. The van der Waals surface area contributed by atoms with Crippen molar-refractivity contribution in [3.05, 3.63) is 0 Å². The van der Waals surface area contributed by atoms with E-state index >= 15 is 0 Å². The number of ether oxygens (including phenoxy) is 2. The Morgan fingerprint density at radius 2 is 2.32 bits per heavy atom. The molecule has 1 saturated heterocycles. The SMILES string of the molecule is CCN(CC1CCCO1)C(=O)NCC(OC)C(=O)O. The van der Waals surface area contributed by atoms with Crippen LogP contribution in [-0.4, -0.2) is 67.6 Å². The van der Waals surface area contributed by atoms with Crippen LogP contribution in [0.3, 0.4) is 0 Å². The predicted octanol–water partition coefficient (Wildman–Crippen LogP) is 0.297. The molecule has 7 nitrogen and oxygen atoms in total. The van der Waals surface area contributed by atoms with Gasteiger partial charge in [0.05, 0.1) is 12.6 Å². The first-order chi connectivity index (χ1) is 9.08. The summed E-state index contributed by atoms with van der Waals surface area (Å²) in [6, 6.07) is -0.290. The van der Waals surface area contributed by atoms with Crippen molar-refractivity contribution in [3.8, 4) is 0 Å². The number of aliphatic carboxylic acids is 1. The predicted molar refractivity (Wildman–Crippen MR) is 68.1 cm³/mol. The van der Waals surface area contributed by atoms with Gasteiger partial charge in [-0.2, -0.15) is 0 Å². The summed E-state index contributed by atoms with van der Waals surface area (Å²) in [5.41, 5.74) is 0. The first-order valence-electron chi connectivity index (χ1n) is 6.48. The molecule has 1 aliphatic rings. The van der Waals surface area contributed by atoms with Gasteiger partial charge in [-0.25, -0.2) is 9.59 Å². The van der Waals surface area contributed by atoms with Crippen molar-refractivity contribution in [2.24, 2.45) is 0 Å². The van der Waals surface area contributed by atoms with E-state index in [1.54, 1.807) is 4.90 Å². The third-order valence-corrected chi connectivity index (χ3v) is 3.12. The van der Waals surface area contributed by atoms with Gasteiger partial charge in [0, 0.05) is 26.8 Å². The highest BCUT2D eigenvalue weighted by atomic mass is 16.5. The maximum atomic E-state index is 11.9. The van der Waals surface area contributed by atoms with Crippen LogP contribution in [0.1, 0.15) is 19.8 Å². The van der Waals surface area contributed by atoms with Crippen molar-refractivity contribution < 1.29 is 24.2 Å². The molecule has 0 bridgehead atoms. The number of urea groups is 1. The number of carboxylic acids is 1. The molecule has 0 aromatic carbocycles. The van der Waals surface area contributed by atoms with E-state index in [0.717, 1.165) is 19.4 Å². The van der Waals surface area contributed by atoms with Crippen molar-refractivity contribution in [3.63, 3.8) is 0 Å². The van der Waals surface area contributed by atoms with E-state index in [4.69, 9.17) is 14.6 Å². The van der Waals surface area contributed by atoms with Crippen LogP contribution in [0.15, 0.2) is 0 Å². The van der Waals surface area contributed by atoms with E-state index < -0.39 is 12.1 Å². The van der Waals surface area contributed by atoms with Crippen LogP contribution >= 0.6 is 0 Å². The smallest absolute Gasteiger partial charge is 0.334 e. The van der Waals surface area contributed by atoms with Crippen molar-refractivity contribution in [1.82, 2.24) is 10.2 Å². The Morgan fingerprint density at radius 3 is 2.79 bits per heavy atom. The second-order valence-electron chi connectivity index (χ2n) is 4.42. The van der Waals surface area contributed by atoms with Crippen LogP contribution in [-0.2, 0) is 14.3 Å². The lowest BCUT2D eigenvalue weighted by Crippen LogP contribution is -2.47. The molecule has 7 heteroatoms. The summed E-state index contributed by atoms with van der Waals surface area (Å²) in [6.07, 6.45) is 1.04. The lowest BCUT2D eigenvalue weighted by atomic mass is 10.2. The summed E-state index contributed by atoms with van der Waals surface area (Å²) >= 11 is 0. The molecule has 0 saturated carbocycles. The number of hydrogen-bond donors (Lipinski definition) is 2. The molecule has 0 spiro atoms. The Kier molecular flexibility index (Phi) is 6.58. The quantitative estimate of drug-likeness (QED) is 0.697. The van der Waals surface area contributed by atoms with Crippen LogP contribution in [0.25, 0.3) is 0 Å². The van der Waals surface area contributed by atoms with E-state index in [9.17, 15) is 9.59 Å². The number of nitrogens with one attached hydrogen (secondary N) is 1. The van der Waals surface area contributed by atoms with Crippen LogP contribution in [0.2, 0.25) is 0 Å². The number of carbonyl (C=O) groups is 2. The van der Waals surface area contributed by atoms with Crippen LogP contribution in [0.4, 0.5) is 4.79 Å². The summed E-state index contributed by atoms with van der Waals surface area (Å²) in [6.45, 7) is 3.66. The van der Waals surface area contributed by atoms with Crippen molar-refractivity contribution in [2.45, 2.75) is 32.0 Å². The highest BCUT2D eigenvalue weighted by molar-refractivity contribution is 5.77. The molecule has 0 aromatic heterocycles. The monoisotopic (exact) mass is 274 g/mol. The van der Waals surface area contributed by atoms with Gasteiger partial charge in [-0.05, 0) is 19.8 Å². The molecule has 1 heterocycles. The zero-order valence-corrected chi connectivity index (χ0v) is 11.4. The highest BCUT2D eigenvalue weighted by Crippen LogP contribution is 2.13. The minimum absolute atomic E-state index is 0.0489. The molecule has 19 heavy (non-hydrogen) atoms. The number of likely N-dealkylation sites (N-methyl/N-ethyl adjacent to an activating group) is 1. The van der Waals surface area contributed by atoms with Crippen molar-refractivity contribution in [1.29, 1.82) is 0 Å². The lowest BCUT2D eigenvalue weighted by molar-refractivity contribution is -0.148. The van der Waals surface area contributed by atoms with Crippen molar-refractivity contribution in [2.75, 3.05) is 33.4 Å². The summed E-state index contributed by atoms with van der Waals surface area (Å²) in [5, 5.41) is 11.4. The van der Waals surface area contributed by atoms with Gasteiger partial charge in [-0.3, -0.25) is 0 Å². The van der Waals surface area contributed by atoms with Crippen LogP contribution in [0, 0.1) is 0 Å². The van der Waals surface area contributed by atoms with Gasteiger partial charge in [0.25, 0.3) is 0 Å². The second kappa shape index (κ2) is 7.96. The highest BCUT2D eigenvalue weighted by Gasteiger charge is 2.23. The molecule has 1 fully saturated rings. The lowest BCUT2D eigenvalue weighted by Gasteiger charge is -2.24. The average Bonchev–Trinajstić information content (AvgIpc) is 2.88. The maximum Gasteiger partial charge on any atom is 0.334 e. The molecule has 1 rings (SSSR count). The summed E-state index contributed by atoms with van der Waals surface area (Å²) in [5.74, 6) is -1.09. The number of hydrogen-bond acceptors (Lipinski definition) is 4. The van der Waals surface area contributed by atoms with E-state index in [1.807, 2.05) is 6.92 Å². The minimum atomic E-state index is -1.09. The topological polar surface area (TPSA) is 88.1 Å². The van der Waals surface area contributed by atoms with Gasteiger partial charge >= 0.3 is 12.0 Å². The Balaban J connectivity index is 2.38. The minimum Gasteiger partial charge on any atom is -0.479 e. The van der Waals surface area contributed by atoms with Gasteiger partial charge in [0.2, 0.25) is 0 Å².